The van der Waals surface area contributed by atoms with Gasteiger partial charge in [-0.3, -0.25) is 4.79 Å². The molecule has 6 nitrogen and oxygen atoms in total. The van der Waals surface area contributed by atoms with Crippen LogP contribution >= 0.6 is 22.9 Å². The van der Waals surface area contributed by atoms with E-state index in [0.717, 1.165) is 17.5 Å². The Morgan fingerprint density at radius 1 is 1.22 bits per heavy atom. The highest BCUT2D eigenvalue weighted by Crippen LogP contribution is 2.25. The fraction of sp³-hybridized carbons (Fsp3) is 0.111. The minimum Gasteiger partial charge on any atom is -0.389 e. The number of aliphatic hydroxyl groups is 1. The molecule has 0 fully saturated rings. The number of halogens is 1. The molecule has 3 aromatic rings. The van der Waals surface area contributed by atoms with E-state index in [-0.39, 0.29) is 22.1 Å². The fourth-order valence-electron chi connectivity index (χ4n) is 2.35. The van der Waals surface area contributed by atoms with Crippen molar-refractivity contribution >= 4 is 44.4 Å². The van der Waals surface area contributed by atoms with Crippen molar-refractivity contribution in [2.24, 2.45) is 0 Å². The highest BCUT2D eigenvalue weighted by molar-refractivity contribution is 7.90. The molecule has 0 saturated heterocycles. The Bertz CT molecular complexity index is 1090. The summed E-state index contributed by atoms with van der Waals surface area (Å²) in [5.74, 6) is -0.441. The molecule has 0 unspecified atom stereocenters. The third kappa shape index (κ3) is 4.54. The third-order valence-corrected chi connectivity index (χ3v) is 6.00. The maximum atomic E-state index is 12.4. The smallest absolute Gasteiger partial charge is 0.257 e. The maximum absolute atomic E-state index is 12.4. The summed E-state index contributed by atoms with van der Waals surface area (Å²) in [5, 5.41) is 14.4. The summed E-state index contributed by atoms with van der Waals surface area (Å²) in [6.45, 7) is -0.0995. The first kappa shape index (κ1) is 19.5. The molecule has 0 aliphatic rings. The van der Waals surface area contributed by atoms with Gasteiger partial charge in [-0.25, -0.2) is 13.4 Å². The number of anilines is 1. The molecular formula is C18H15ClN2O4S2. The summed E-state index contributed by atoms with van der Waals surface area (Å²) >= 11 is 7.44. The van der Waals surface area contributed by atoms with Gasteiger partial charge in [-0.15, -0.1) is 11.3 Å². The van der Waals surface area contributed by atoms with Crippen molar-refractivity contribution < 1.29 is 18.3 Å². The molecule has 0 radical (unpaired) electrons. The summed E-state index contributed by atoms with van der Waals surface area (Å²) in [4.78, 5) is 16.8. The average molecular weight is 423 g/mol. The molecule has 0 saturated carbocycles. The number of carbonyl (C=O) groups is 1. The van der Waals surface area contributed by atoms with Crippen molar-refractivity contribution in [3.05, 3.63) is 63.4 Å². The van der Waals surface area contributed by atoms with Crippen molar-refractivity contribution in [3.8, 4) is 11.3 Å². The van der Waals surface area contributed by atoms with E-state index in [9.17, 15) is 13.2 Å². The van der Waals surface area contributed by atoms with Gasteiger partial charge >= 0.3 is 0 Å². The van der Waals surface area contributed by atoms with Gasteiger partial charge in [0.2, 0.25) is 0 Å². The Balaban J connectivity index is 1.76. The summed E-state index contributed by atoms with van der Waals surface area (Å²) in [6, 6.07) is 11.1. The van der Waals surface area contributed by atoms with Crippen molar-refractivity contribution in [1.82, 2.24) is 4.98 Å². The molecule has 1 amide bonds. The van der Waals surface area contributed by atoms with Gasteiger partial charge in [0.05, 0.1) is 27.8 Å². The highest BCUT2D eigenvalue weighted by Gasteiger charge is 2.15. The molecule has 3 rings (SSSR count). The number of rotatable bonds is 5. The summed E-state index contributed by atoms with van der Waals surface area (Å²) in [6.07, 6.45) is 1.08. The second-order valence-electron chi connectivity index (χ2n) is 5.73. The lowest BCUT2D eigenvalue weighted by molar-refractivity contribution is 0.102. The van der Waals surface area contributed by atoms with Gasteiger partial charge in [-0.1, -0.05) is 23.7 Å². The average Bonchev–Trinajstić information content (AvgIpc) is 3.10. The molecule has 1 heterocycles. The quantitative estimate of drug-likeness (QED) is 0.654. The van der Waals surface area contributed by atoms with Crippen molar-refractivity contribution in [3.63, 3.8) is 0 Å². The third-order valence-electron chi connectivity index (χ3n) is 3.74. The first-order chi connectivity index (χ1) is 12.8. The lowest BCUT2D eigenvalue weighted by atomic mass is 10.1. The second kappa shape index (κ2) is 7.77. The van der Waals surface area contributed by atoms with Crippen molar-refractivity contribution in [1.29, 1.82) is 0 Å². The molecule has 27 heavy (non-hydrogen) atoms. The lowest BCUT2D eigenvalue weighted by Gasteiger charge is -2.08. The number of aromatic nitrogens is 1. The monoisotopic (exact) mass is 422 g/mol. The van der Waals surface area contributed by atoms with E-state index in [1.807, 2.05) is 5.38 Å². The number of amides is 1. The van der Waals surface area contributed by atoms with Gasteiger partial charge < -0.3 is 10.4 Å². The number of benzene rings is 2. The molecule has 0 aliphatic carbocycles. The van der Waals surface area contributed by atoms with E-state index in [1.165, 1.54) is 29.5 Å². The Kier molecular flexibility index (Phi) is 5.61. The molecule has 1 aromatic heterocycles. The van der Waals surface area contributed by atoms with Crippen molar-refractivity contribution in [2.45, 2.75) is 11.5 Å². The van der Waals surface area contributed by atoms with E-state index < -0.39 is 15.7 Å². The number of hydrogen-bond acceptors (Lipinski definition) is 6. The number of aliphatic hydroxyl groups excluding tert-OH is 1. The Labute approximate surface area is 165 Å². The normalized spacial score (nSPS) is 11.4. The molecular weight excluding hydrogens is 408 g/mol. The topological polar surface area (TPSA) is 96.4 Å². The minimum atomic E-state index is -3.39. The van der Waals surface area contributed by atoms with Crippen LogP contribution in [0.5, 0.6) is 0 Å². The summed E-state index contributed by atoms with van der Waals surface area (Å²) in [7, 11) is -3.39. The Morgan fingerprint density at radius 3 is 2.48 bits per heavy atom. The second-order valence-corrected chi connectivity index (χ2v) is 9.10. The molecule has 0 atom stereocenters. The summed E-state index contributed by atoms with van der Waals surface area (Å²) < 4.78 is 23.1. The van der Waals surface area contributed by atoms with Crippen LogP contribution < -0.4 is 5.32 Å². The molecule has 0 bridgehead atoms. The SMILES string of the molecule is CS(=O)(=O)c1ccc(C(=O)Nc2ccc(-c3csc(CO)n3)cc2)c(Cl)c1. The van der Waals surface area contributed by atoms with E-state index in [4.69, 9.17) is 16.7 Å². The zero-order valence-electron chi connectivity index (χ0n) is 14.1. The number of carbonyl (C=O) groups excluding carboxylic acids is 1. The van der Waals surface area contributed by atoms with Gasteiger partial charge in [0, 0.05) is 22.9 Å². The predicted octanol–water partition coefficient (Wildman–Crippen LogP) is 3.61. The molecule has 9 heteroatoms. The minimum absolute atomic E-state index is 0.0546. The van der Waals surface area contributed by atoms with Crippen LogP contribution in [0.4, 0.5) is 5.69 Å². The van der Waals surface area contributed by atoms with Gasteiger partial charge in [0.15, 0.2) is 9.84 Å². The first-order valence-corrected chi connectivity index (χ1v) is 10.9. The molecule has 2 N–H and O–H groups in total. The van der Waals surface area contributed by atoms with Crippen LogP contribution in [0.2, 0.25) is 5.02 Å². The zero-order chi connectivity index (χ0) is 19.6. The first-order valence-electron chi connectivity index (χ1n) is 7.74. The predicted molar refractivity (Wildman–Crippen MR) is 106 cm³/mol. The summed E-state index contributed by atoms with van der Waals surface area (Å²) in [5.41, 5.74) is 2.35. The van der Waals surface area contributed by atoms with Crippen LogP contribution in [0.15, 0.2) is 52.7 Å². The van der Waals surface area contributed by atoms with Gasteiger partial charge in [0.25, 0.3) is 5.91 Å². The lowest BCUT2D eigenvalue weighted by Crippen LogP contribution is -2.13. The van der Waals surface area contributed by atoms with Gasteiger partial charge in [0.1, 0.15) is 5.01 Å². The molecule has 2 aromatic carbocycles. The van der Waals surface area contributed by atoms with E-state index in [1.54, 1.807) is 24.3 Å². The van der Waals surface area contributed by atoms with E-state index in [0.29, 0.717) is 10.7 Å². The van der Waals surface area contributed by atoms with Crippen LogP contribution in [0.1, 0.15) is 15.4 Å². The zero-order valence-corrected chi connectivity index (χ0v) is 16.5. The number of sulfone groups is 1. The number of nitrogens with zero attached hydrogens (tertiary/aromatic N) is 1. The number of hydrogen-bond donors (Lipinski definition) is 2. The standard InChI is InChI=1S/C18H15ClN2O4S2/c1-27(24,25)13-6-7-14(15(19)8-13)18(23)20-12-4-2-11(3-5-12)16-10-26-17(9-22)21-16/h2-8,10,22H,9H2,1H3,(H,20,23). The molecule has 140 valence electrons. The van der Waals surface area contributed by atoms with Crippen LogP contribution in [-0.4, -0.2) is 30.7 Å². The maximum Gasteiger partial charge on any atom is 0.257 e. The van der Waals surface area contributed by atoms with Crippen LogP contribution in [0.3, 0.4) is 0 Å². The number of nitrogens with one attached hydrogen (secondary N) is 1. The largest absolute Gasteiger partial charge is 0.389 e. The van der Waals surface area contributed by atoms with Crippen molar-refractivity contribution in [2.75, 3.05) is 11.6 Å². The fourth-order valence-corrected chi connectivity index (χ4v) is 3.99. The Hall–Kier alpha value is -2.26. The number of thiazole rings is 1. The van der Waals surface area contributed by atoms with E-state index in [2.05, 4.69) is 10.3 Å². The van der Waals surface area contributed by atoms with Gasteiger partial charge in [-0.2, -0.15) is 0 Å². The van der Waals surface area contributed by atoms with Crippen LogP contribution in [0, 0.1) is 0 Å². The molecule has 0 spiro atoms. The highest BCUT2D eigenvalue weighted by atomic mass is 35.5. The van der Waals surface area contributed by atoms with Gasteiger partial charge in [-0.05, 0) is 30.3 Å². The van der Waals surface area contributed by atoms with Crippen LogP contribution in [0.25, 0.3) is 11.3 Å². The van der Waals surface area contributed by atoms with Crippen LogP contribution in [-0.2, 0) is 16.4 Å². The molecule has 0 aliphatic heterocycles. The van der Waals surface area contributed by atoms with E-state index >= 15 is 0 Å². The Morgan fingerprint density at radius 2 is 1.93 bits per heavy atom.